The summed E-state index contributed by atoms with van der Waals surface area (Å²) in [5, 5.41) is 12.8. The quantitative estimate of drug-likeness (QED) is 0.763. The molecule has 0 fully saturated rings. The lowest BCUT2D eigenvalue weighted by molar-refractivity contribution is 0.224. The minimum absolute atomic E-state index is 0.422. The van der Waals surface area contributed by atoms with Crippen LogP contribution in [0.5, 0.6) is 0 Å². The number of fused-ring (bicyclic) bond motifs is 1. The van der Waals surface area contributed by atoms with Crippen LogP contribution in [0, 0.1) is 6.92 Å². The maximum atomic E-state index is 11.1. The maximum Gasteiger partial charge on any atom is 0.417 e. The number of aliphatic hydroxyl groups excluding tert-OH is 1. The number of oxazole rings is 1. The van der Waals surface area contributed by atoms with Crippen LogP contribution in [0.15, 0.2) is 32.8 Å². The third-order valence-corrected chi connectivity index (χ3v) is 4.70. The lowest BCUT2D eigenvalue weighted by atomic mass is 10.1. The molecule has 2 N–H and O–H groups in total. The fourth-order valence-electron chi connectivity index (χ4n) is 1.92. The molecular formula is C13H10ClNO3S. The number of aromatic nitrogens is 1. The van der Waals surface area contributed by atoms with Crippen LogP contribution in [0.3, 0.4) is 0 Å². The number of aryl methyl sites for hydroxylation is 1. The highest BCUT2D eigenvalue weighted by atomic mass is 35.5. The lowest BCUT2D eigenvalue weighted by Gasteiger charge is -2.09. The fraction of sp³-hybridized carbons (Fsp3) is 0.154. The summed E-state index contributed by atoms with van der Waals surface area (Å²) in [5.41, 5.74) is 2.61. The van der Waals surface area contributed by atoms with Crippen molar-refractivity contribution in [1.82, 2.24) is 4.98 Å². The highest BCUT2D eigenvalue weighted by Crippen LogP contribution is 2.36. The van der Waals surface area contributed by atoms with Gasteiger partial charge in [0, 0.05) is 0 Å². The summed E-state index contributed by atoms with van der Waals surface area (Å²) < 4.78 is 4.98. The first-order valence-corrected chi connectivity index (χ1v) is 6.86. The molecule has 0 saturated heterocycles. The Balaban J connectivity index is 2.08. The van der Waals surface area contributed by atoms with Gasteiger partial charge >= 0.3 is 5.76 Å². The fourth-order valence-corrected chi connectivity index (χ4v) is 3.22. The molecule has 3 rings (SSSR count). The molecule has 0 saturated carbocycles. The molecule has 0 amide bonds. The molecule has 0 aliphatic carbocycles. The van der Waals surface area contributed by atoms with Gasteiger partial charge in [-0.2, -0.15) is 0 Å². The molecule has 1 aromatic carbocycles. The molecule has 1 unspecified atom stereocenters. The summed E-state index contributed by atoms with van der Waals surface area (Å²) in [7, 11) is 0. The number of hydrogen-bond donors (Lipinski definition) is 2. The van der Waals surface area contributed by atoms with Gasteiger partial charge in [-0.25, -0.2) is 4.79 Å². The van der Waals surface area contributed by atoms with Gasteiger partial charge in [-0.1, -0.05) is 17.7 Å². The van der Waals surface area contributed by atoms with Gasteiger partial charge in [-0.15, -0.1) is 11.3 Å². The Morgan fingerprint density at radius 3 is 2.95 bits per heavy atom. The first-order chi connectivity index (χ1) is 9.06. The number of aliphatic hydroxyl groups is 1. The van der Waals surface area contributed by atoms with Crippen molar-refractivity contribution >= 4 is 34.0 Å². The van der Waals surface area contributed by atoms with Gasteiger partial charge in [0.1, 0.15) is 6.10 Å². The number of rotatable bonds is 2. The van der Waals surface area contributed by atoms with Crippen LogP contribution < -0.4 is 5.76 Å². The van der Waals surface area contributed by atoms with E-state index in [2.05, 4.69) is 4.98 Å². The largest absolute Gasteiger partial charge is 0.417 e. The van der Waals surface area contributed by atoms with Crippen molar-refractivity contribution in [3.05, 3.63) is 55.2 Å². The van der Waals surface area contributed by atoms with E-state index in [0.29, 0.717) is 26.6 Å². The molecule has 0 radical (unpaired) electrons. The van der Waals surface area contributed by atoms with E-state index in [-0.39, 0.29) is 0 Å². The molecule has 6 heteroatoms. The molecule has 0 spiro atoms. The summed E-state index contributed by atoms with van der Waals surface area (Å²) in [4.78, 5) is 14.3. The predicted molar refractivity (Wildman–Crippen MR) is 75.0 cm³/mol. The Morgan fingerprint density at radius 2 is 2.26 bits per heavy atom. The van der Waals surface area contributed by atoms with Gasteiger partial charge in [0.15, 0.2) is 5.58 Å². The number of thiophene rings is 1. The second kappa shape index (κ2) is 4.52. The van der Waals surface area contributed by atoms with E-state index in [0.717, 1.165) is 5.56 Å². The van der Waals surface area contributed by atoms with Gasteiger partial charge in [0.2, 0.25) is 0 Å². The monoisotopic (exact) mass is 295 g/mol. The minimum Gasteiger partial charge on any atom is -0.408 e. The Bertz CT molecular complexity index is 802. The smallest absolute Gasteiger partial charge is 0.408 e. The number of aromatic amines is 1. The third kappa shape index (κ3) is 2.10. The topological polar surface area (TPSA) is 66.2 Å². The summed E-state index contributed by atoms with van der Waals surface area (Å²) in [6, 6.07) is 5.08. The number of H-pyrrole nitrogens is 1. The van der Waals surface area contributed by atoms with E-state index in [1.165, 1.54) is 11.3 Å². The van der Waals surface area contributed by atoms with E-state index >= 15 is 0 Å². The van der Waals surface area contributed by atoms with E-state index in [4.69, 9.17) is 16.0 Å². The Morgan fingerprint density at radius 1 is 1.47 bits per heavy atom. The van der Waals surface area contributed by atoms with E-state index < -0.39 is 11.9 Å². The molecule has 19 heavy (non-hydrogen) atoms. The van der Waals surface area contributed by atoms with E-state index in [9.17, 15) is 9.90 Å². The first-order valence-electron chi connectivity index (χ1n) is 5.60. The van der Waals surface area contributed by atoms with Crippen LogP contribution in [0.4, 0.5) is 0 Å². The van der Waals surface area contributed by atoms with Gasteiger partial charge in [0.05, 0.1) is 15.4 Å². The number of nitrogens with one attached hydrogen (secondary N) is 1. The summed E-state index contributed by atoms with van der Waals surface area (Å²) >= 11 is 7.55. The Kier molecular flexibility index (Phi) is 2.97. The average molecular weight is 296 g/mol. The highest BCUT2D eigenvalue weighted by Gasteiger charge is 2.18. The summed E-state index contributed by atoms with van der Waals surface area (Å²) in [6.45, 7) is 1.89. The molecule has 0 bridgehead atoms. The molecule has 98 valence electrons. The molecule has 2 heterocycles. The predicted octanol–water partition coefficient (Wildman–Crippen LogP) is 3.23. The van der Waals surface area contributed by atoms with Crippen LogP contribution in [-0.4, -0.2) is 10.1 Å². The molecule has 3 aromatic rings. The van der Waals surface area contributed by atoms with Crippen LogP contribution in [0.1, 0.15) is 22.1 Å². The average Bonchev–Trinajstić information content (AvgIpc) is 2.91. The van der Waals surface area contributed by atoms with E-state index in [1.54, 1.807) is 18.2 Å². The van der Waals surface area contributed by atoms with Crippen LogP contribution in [0.2, 0.25) is 5.02 Å². The molecule has 1 atom stereocenters. The highest BCUT2D eigenvalue weighted by molar-refractivity contribution is 7.10. The second-order valence-corrected chi connectivity index (χ2v) is 5.56. The van der Waals surface area contributed by atoms with Gasteiger partial charge in [0.25, 0.3) is 0 Å². The number of halogens is 1. The van der Waals surface area contributed by atoms with Crippen LogP contribution >= 0.6 is 22.9 Å². The number of benzene rings is 1. The normalized spacial score (nSPS) is 13.0. The van der Waals surface area contributed by atoms with Crippen molar-refractivity contribution in [2.75, 3.05) is 0 Å². The van der Waals surface area contributed by atoms with Gasteiger partial charge in [-0.05, 0) is 35.6 Å². The molecule has 0 aliphatic rings. The van der Waals surface area contributed by atoms with Crippen LogP contribution in [-0.2, 0) is 0 Å². The SMILES string of the molecule is Cc1csc(C(O)c2ccc3[nH]c(=O)oc3c2)c1Cl. The van der Waals surface area contributed by atoms with Crippen molar-refractivity contribution in [1.29, 1.82) is 0 Å². The molecule has 4 nitrogen and oxygen atoms in total. The zero-order valence-corrected chi connectivity index (χ0v) is 11.5. The number of hydrogen-bond acceptors (Lipinski definition) is 4. The molecule has 0 aliphatic heterocycles. The summed E-state index contributed by atoms with van der Waals surface area (Å²) in [5.74, 6) is -0.508. The zero-order chi connectivity index (χ0) is 13.6. The Labute approximate surface area is 117 Å². The third-order valence-electron chi connectivity index (χ3n) is 2.93. The molecule has 2 aromatic heterocycles. The van der Waals surface area contributed by atoms with Crippen molar-refractivity contribution in [3.8, 4) is 0 Å². The van der Waals surface area contributed by atoms with Crippen LogP contribution in [0.25, 0.3) is 11.1 Å². The standard InChI is InChI=1S/C13H10ClNO3S/c1-6-5-19-12(10(6)14)11(16)7-2-3-8-9(4-7)18-13(17)15-8/h2-5,11,16H,1H3,(H,15,17). The lowest BCUT2D eigenvalue weighted by Crippen LogP contribution is -1.97. The Hall–Kier alpha value is -1.56. The maximum absolute atomic E-state index is 11.1. The van der Waals surface area contributed by atoms with E-state index in [1.807, 2.05) is 12.3 Å². The van der Waals surface area contributed by atoms with Gasteiger partial charge in [-0.3, -0.25) is 4.98 Å². The van der Waals surface area contributed by atoms with Crippen molar-refractivity contribution in [2.24, 2.45) is 0 Å². The van der Waals surface area contributed by atoms with Gasteiger partial charge < -0.3 is 9.52 Å². The summed E-state index contributed by atoms with van der Waals surface area (Å²) in [6.07, 6.45) is -0.823. The van der Waals surface area contributed by atoms with Crippen molar-refractivity contribution in [2.45, 2.75) is 13.0 Å². The minimum atomic E-state index is -0.823. The second-order valence-electron chi connectivity index (χ2n) is 4.27. The first kappa shape index (κ1) is 12.5. The zero-order valence-electron chi connectivity index (χ0n) is 9.94. The molecular weight excluding hydrogens is 286 g/mol. The van der Waals surface area contributed by atoms with Crippen molar-refractivity contribution < 1.29 is 9.52 Å². The van der Waals surface area contributed by atoms with Crippen molar-refractivity contribution in [3.63, 3.8) is 0 Å².